The summed E-state index contributed by atoms with van der Waals surface area (Å²) in [5.41, 5.74) is 0.425. The SMILES string of the molecule is CCC1(CNC(=NC)NCCS(C)(=O)=O)CCC1. The molecule has 106 valence electrons. The summed E-state index contributed by atoms with van der Waals surface area (Å²) in [5.74, 6) is 0.825. The van der Waals surface area contributed by atoms with E-state index in [-0.39, 0.29) is 5.75 Å². The summed E-state index contributed by atoms with van der Waals surface area (Å²) < 4.78 is 22.0. The second kappa shape index (κ2) is 6.41. The maximum absolute atomic E-state index is 11.0. The van der Waals surface area contributed by atoms with E-state index in [0.717, 1.165) is 6.54 Å². The molecule has 6 heteroatoms. The predicted octanol–water partition coefficient (Wildman–Crippen LogP) is 0.776. The van der Waals surface area contributed by atoms with E-state index in [2.05, 4.69) is 22.5 Å². The number of sulfone groups is 1. The molecule has 0 aromatic heterocycles. The van der Waals surface area contributed by atoms with E-state index < -0.39 is 9.84 Å². The molecule has 1 saturated carbocycles. The van der Waals surface area contributed by atoms with Gasteiger partial charge in [0.05, 0.1) is 5.75 Å². The molecule has 0 bridgehead atoms. The van der Waals surface area contributed by atoms with Gasteiger partial charge in [-0.05, 0) is 24.7 Å². The number of rotatable bonds is 6. The Morgan fingerprint density at radius 2 is 2.00 bits per heavy atom. The fourth-order valence-electron chi connectivity index (χ4n) is 2.18. The van der Waals surface area contributed by atoms with Gasteiger partial charge in [-0.1, -0.05) is 13.3 Å². The van der Waals surface area contributed by atoms with Crippen LogP contribution in [0, 0.1) is 5.41 Å². The minimum Gasteiger partial charge on any atom is -0.356 e. The molecule has 0 spiro atoms. The zero-order valence-electron chi connectivity index (χ0n) is 11.6. The van der Waals surface area contributed by atoms with Gasteiger partial charge < -0.3 is 10.6 Å². The van der Waals surface area contributed by atoms with Crippen molar-refractivity contribution in [2.24, 2.45) is 10.4 Å². The summed E-state index contributed by atoms with van der Waals surface area (Å²) >= 11 is 0. The largest absolute Gasteiger partial charge is 0.356 e. The van der Waals surface area contributed by atoms with Gasteiger partial charge in [-0.3, -0.25) is 4.99 Å². The van der Waals surface area contributed by atoms with Crippen molar-refractivity contribution in [3.8, 4) is 0 Å². The molecule has 18 heavy (non-hydrogen) atoms. The monoisotopic (exact) mass is 275 g/mol. The number of nitrogens with zero attached hydrogens (tertiary/aromatic N) is 1. The van der Waals surface area contributed by atoms with Gasteiger partial charge in [0, 0.05) is 26.4 Å². The number of hydrogen-bond acceptors (Lipinski definition) is 3. The Morgan fingerprint density at radius 1 is 1.33 bits per heavy atom. The van der Waals surface area contributed by atoms with Crippen LogP contribution < -0.4 is 10.6 Å². The van der Waals surface area contributed by atoms with E-state index in [1.807, 2.05) is 0 Å². The van der Waals surface area contributed by atoms with E-state index in [1.54, 1.807) is 7.05 Å². The summed E-state index contributed by atoms with van der Waals surface area (Å²) in [6.07, 6.45) is 6.29. The average Bonchev–Trinajstić information content (AvgIpc) is 2.24. The van der Waals surface area contributed by atoms with Crippen LogP contribution in [-0.2, 0) is 9.84 Å². The highest BCUT2D eigenvalue weighted by molar-refractivity contribution is 7.90. The third-order valence-corrected chi connectivity index (χ3v) is 4.73. The third-order valence-electron chi connectivity index (χ3n) is 3.78. The fraction of sp³-hybridized carbons (Fsp3) is 0.917. The van der Waals surface area contributed by atoms with Crippen molar-refractivity contribution in [2.45, 2.75) is 32.6 Å². The van der Waals surface area contributed by atoms with Crippen molar-refractivity contribution < 1.29 is 8.42 Å². The van der Waals surface area contributed by atoms with Crippen LogP contribution in [0.5, 0.6) is 0 Å². The minimum atomic E-state index is -2.91. The molecule has 1 aliphatic rings. The van der Waals surface area contributed by atoms with Gasteiger partial charge in [0.25, 0.3) is 0 Å². The molecule has 0 unspecified atom stereocenters. The van der Waals surface area contributed by atoms with E-state index in [9.17, 15) is 8.42 Å². The first kappa shape index (κ1) is 15.3. The van der Waals surface area contributed by atoms with Crippen LogP contribution in [0.15, 0.2) is 4.99 Å². The number of aliphatic imine (C=N–C) groups is 1. The van der Waals surface area contributed by atoms with Crippen molar-refractivity contribution in [2.75, 3.05) is 32.1 Å². The van der Waals surface area contributed by atoms with Gasteiger partial charge in [-0.2, -0.15) is 0 Å². The summed E-state index contributed by atoms with van der Waals surface area (Å²) in [7, 11) is -1.21. The highest BCUT2D eigenvalue weighted by atomic mass is 32.2. The Hall–Kier alpha value is -0.780. The van der Waals surface area contributed by atoms with E-state index in [4.69, 9.17) is 0 Å². The van der Waals surface area contributed by atoms with E-state index in [0.29, 0.717) is 17.9 Å². The van der Waals surface area contributed by atoms with Crippen molar-refractivity contribution >= 4 is 15.8 Å². The lowest BCUT2D eigenvalue weighted by Crippen LogP contribution is -2.46. The molecule has 2 N–H and O–H groups in total. The maximum Gasteiger partial charge on any atom is 0.191 e. The number of hydrogen-bond donors (Lipinski definition) is 2. The minimum absolute atomic E-state index is 0.132. The lowest BCUT2D eigenvalue weighted by Gasteiger charge is -2.41. The molecule has 0 saturated heterocycles. The first-order valence-corrected chi connectivity index (χ1v) is 8.59. The van der Waals surface area contributed by atoms with Gasteiger partial charge in [0.15, 0.2) is 5.96 Å². The Morgan fingerprint density at radius 3 is 2.39 bits per heavy atom. The van der Waals surface area contributed by atoms with Gasteiger partial charge in [0.1, 0.15) is 9.84 Å². The van der Waals surface area contributed by atoms with E-state index in [1.165, 1.54) is 31.9 Å². The lowest BCUT2D eigenvalue weighted by atomic mass is 9.67. The Balaban J connectivity index is 2.30. The van der Waals surface area contributed by atoms with Crippen LogP contribution in [0.4, 0.5) is 0 Å². The molecule has 0 radical (unpaired) electrons. The first-order chi connectivity index (χ1) is 8.41. The Kier molecular flexibility index (Phi) is 5.44. The molecule has 0 aromatic carbocycles. The molecular formula is C12H25N3O2S. The van der Waals surface area contributed by atoms with Crippen molar-refractivity contribution in [1.82, 2.24) is 10.6 Å². The second-order valence-corrected chi connectivity index (χ2v) is 7.45. The highest BCUT2D eigenvalue weighted by Crippen LogP contribution is 2.42. The molecule has 0 amide bonds. The second-order valence-electron chi connectivity index (χ2n) is 5.19. The molecule has 5 nitrogen and oxygen atoms in total. The van der Waals surface area contributed by atoms with Crippen molar-refractivity contribution in [1.29, 1.82) is 0 Å². The van der Waals surface area contributed by atoms with Crippen LogP contribution >= 0.6 is 0 Å². The van der Waals surface area contributed by atoms with Crippen LogP contribution in [0.25, 0.3) is 0 Å². The normalized spacial score (nSPS) is 19.2. The molecule has 0 atom stereocenters. The van der Waals surface area contributed by atoms with Crippen LogP contribution in [-0.4, -0.2) is 46.5 Å². The van der Waals surface area contributed by atoms with Gasteiger partial charge in [0.2, 0.25) is 0 Å². The van der Waals surface area contributed by atoms with E-state index >= 15 is 0 Å². The maximum atomic E-state index is 11.0. The first-order valence-electron chi connectivity index (χ1n) is 6.53. The molecule has 1 rings (SSSR count). The predicted molar refractivity (Wildman–Crippen MR) is 75.7 cm³/mol. The summed E-state index contributed by atoms with van der Waals surface area (Å²) in [6.45, 7) is 3.54. The summed E-state index contributed by atoms with van der Waals surface area (Å²) in [5, 5.41) is 6.32. The highest BCUT2D eigenvalue weighted by Gasteiger charge is 2.34. The van der Waals surface area contributed by atoms with Gasteiger partial charge >= 0.3 is 0 Å². The third kappa shape index (κ3) is 4.84. The van der Waals surface area contributed by atoms with Crippen molar-refractivity contribution in [3.05, 3.63) is 0 Å². The molecule has 0 aliphatic heterocycles. The molecule has 0 heterocycles. The van der Waals surface area contributed by atoms with Gasteiger partial charge in [-0.25, -0.2) is 8.42 Å². The quantitative estimate of drug-likeness (QED) is 0.555. The number of nitrogens with one attached hydrogen (secondary N) is 2. The topological polar surface area (TPSA) is 70.6 Å². The Labute approximate surface area is 110 Å². The molecular weight excluding hydrogens is 250 g/mol. The van der Waals surface area contributed by atoms with Crippen LogP contribution in [0.1, 0.15) is 32.6 Å². The van der Waals surface area contributed by atoms with Crippen LogP contribution in [0.3, 0.4) is 0 Å². The fourth-order valence-corrected chi connectivity index (χ4v) is 2.65. The summed E-state index contributed by atoms with van der Waals surface area (Å²) in [4.78, 5) is 4.10. The molecule has 1 aliphatic carbocycles. The zero-order chi connectivity index (χ0) is 13.6. The van der Waals surface area contributed by atoms with Crippen molar-refractivity contribution in [3.63, 3.8) is 0 Å². The Bertz CT molecular complexity index is 381. The number of guanidine groups is 1. The zero-order valence-corrected chi connectivity index (χ0v) is 12.4. The molecule has 1 fully saturated rings. The summed E-state index contributed by atoms with van der Waals surface area (Å²) in [6, 6.07) is 0. The average molecular weight is 275 g/mol. The van der Waals surface area contributed by atoms with Gasteiger partial charge in [-0.15, -0.1) is 0 Å². The lowest BCUT2D eigenvalue weighted by molar-refractivity contribution is 0.131. The molecule has 0 aromatic rings. The van der Waals surface area contributed by atoms with Crippen LogP contribution in [0.2, 0.25) is 0 Å². The standard InChI is InChI=1S/C12H25N3O2S/c1-4-12(6-5-7-12)10-15-11(13-2)14-8-9-18(3,16)17/h4-10H2,1-3H3,(H2,13,14,15). The smallest absolute Gasteiger partial charge is 0.191 e.